The number of hydrogen-bond donors (Lipinski definition) is 1. The van der Waals surface area contributed by atoms with Gasteiger partial charge in [0, 0.05) is 17.6 Å². The molecule has 1 rings (SSSR count). The molecule has 0 fully saturated rings. The van der Waals surface area contributed by atoms with Gasteiger partial charge in [0.25, 0.3) is 0 Å². The number of hydrogen-bond acceptors (Lipinski definition) is 4. The van der Waals surface area contributed by atoms with Crippen LogP contribution in [-0.4, -0.2) is 63.5 Å². The molecule has 0 unspecified atom stereocenters. The van der Waals surface area contributed by atoms with Crippen molar-refractivity contribution in [3.63, 3.8) is 0 Å². The Kier molecular flexibility index (Phi) is 6.79. The van der Waals surface area contributed by atoms with E-state index in [9.17, 15) is 13.2 Å². The van der Waals surface area contributed by atoms with Crippen LogP contribution in [0.1, 0.15) is 0 Å². The summed E-state index contributed by atoms with van der Waals surface area (Å²) >= 11 is 3.33. The SMILES string of the molecule is CN(C)CCN(CC(=O)Nc1ccccc1Br)S(C)(=O)=O. The molecule has 118 valence electrons. The smallest absolute Gasteiger partial charge is 0.239 e. The summed E-state index contributed by atoms with van der Waals surface area (Å²) in [5, 5.41) is 2.69. The van der Waals surface area contributed by atoms with Crippen LogP contribution in [0.3, 0.4) is 0 Å². The Morgan fingerprint density at radius 2 is 1.86 bits per heavy atom. The third-order valence-corrected chi connectivity index (χ3v) is 4.67. The standard InChI is InChI=1S/C13H20BrN3O3S/c1-16(2)8-9-17(21(3,19)20)10-13(18)15-12-7-5-4-6-11(12)14/h4-7H,8-10H2,1-3H3,(H,15,18). The number of para-hydroxylation sites is 1. The van der Waals surface area contributed by atoms with E-state index >= 15 is 0 Å². The van der Waals surface area contributed by atoms with Crippen LogP contribution in [0.4, 0.5) is 5.69 Å². The minimum atomic E-state index is -3.42. The van der Waals surface area contributed by atoms with Crippen LogP contribution in [0.5, 0.6) is 0 Å². The molecule has 21 heavy (non-hydrogen) atoms. The van der Waals surface area contributed by atoms with E-state index in [0.717, 1.165) is 10.7 Å². The van der Waals surface area contributed by atoms with E-state index in [1.54, 1.807) is 18.2 Å². The first-order valence-electron chi connectivity index (χ1n) is 6.34. The predicted octanol–water partition coefficient (Wildman–Crippen LogP) is 1.21. The molecule has 1 N–H and O–H groups in total. The van der Waals surface area contributed by atoms with Gasteiger partial charge in [-0.1, -0.05) is 12.1 Å². The molecule has 0 saturated carbocycles. The lowest BCUT2D eigenvalue weighted by atomic mass is 10.3. The molecule has 0 aromatic heterocycles. The summed E-state index contributed by atoms with van der Waals surface area (Å²) in [6.07, 6.45) is 1.11. The average Bonchev–Trinajstić information content (AvgIpc) is 2.35. The summed E-state index contributed by atoms with van der Waals surface area (Å²) in [6.45, 7) is 0.624. The Balaban J connectivity index is 2.70. The van der Waals surface area contributed by atoms with Crippen molar-refractivity contribution in [2.45, 2.75) is 0 Å². The molecule has 0 atom stereocenters. The number of amides is 1. The van der Waals surface area contributed by atoms with E-state index in [1.807, 2.05) is 25.1 Å². The van der Waals surface area contributed by atoms with Gasteiger partial charge in [-0.05, 0) is 42.2 Å². The number of nitrogens with zero attached hydrogens (tertiary/aromatic N) is 2. The van der Waals surface area contributed by atoms with Crippen LogP contribution in [0.25, 0.3) is 0 Å². The molecule has 0 aliphatic carbocycles. The van der Waals surface area contributed by atoms with Gasteiger partial charge in [0.2, 0.25) is 15.9 Å². The van der Waals surface area contributed by atoms with Crippen LogP contribution < -0.4 is 5.32 Å². The first kappa shape index (κ1) is 18.1. The summed E-state index contributed by atoms with van der Waals surface area (Å²) in [5.74, 6) is -0.369. The van der Waals surface area contributed by atoms with Crippen LogP contribution in [0.15, 0.2) is 28.7 Å². The van der Waals surface area contributed by atoms with Gasteiger partial charge >= 0.3 is 0 Å². The Bertz CT molecular complexity index is 590. The van der Waals surface area contributed by atoms with Gasteiger partial charge in [0.1, 0.15) is 0 Å². The summed E-state index contributed by atoms with van der Waals surface area (Å²) in [4.78, 5) is 13.9. The van der Waals surface area contributed by atoms with Gasteiger partial charge in [-0.25, -0.2) is 8.42 Å². The molecular weight excluding hydrogens is 358 g/mol. The molecule has 6 nitrogen and oxygen atoms in total. The number of benzene rings is 1. The number of carbonyl (C=O) groups is 1. The second kappa shape index (κ2) is 7.88. The fourth-order valence-electron chi connectivity index (χ4n) is 1.59. The monoisotopic (exact) mass is 377 g/mol. The van der Waals surface area contributed by atoms with E-state index in [0.29, 0.717) is 12.2 Å². The lowest BCUT2D eigenvalue weighted by Gasteiger charge is -2.21. The van der Waals surface area contributed by atoms with Gasteiger partial charge in [-0.3, -0.25) is 4.79 Å². The molecule has 0 radical (unpaired) electrons. The largest absolute Gasteiger partial charge is 0.324 e. The highest BCUT2D eigenvalue weighted by Crippen LogP contribution is 2.21. The molecule has 1 aromatic rings. The quantitative estimate of drug-likeness (QED) is 0.775. The summed E-state index contributed by atoms with van der Waals surface area (Å²) in [7, 11) is 0.274. The Morgan fingerprint density at radius 3 is 2.38 bits per heavy atom. The summed E-state index contributed by atoms with van der Waals surface area (Å²) in [5.41, 5.74) is 0.614. The number of carbonyl (C=O) groups excluding carboxylic acids is 1. The lowest BCUT2D eigenvalue weighted by molar-refractivity contribution is -0.116. The van der Waals surface area contributed by atoms with Crippen molar-refractivity contribution in [1.29, 1.82) is 0 Å². The van der Waals surface area contributed by atoms with E-state index < -0.39 is 10.0 Å². The van der Waals surface area contributed by atoms with Crippen molar-refractivity contribution >= 4 is 37.5 Å². The van der Waals surface area contributed by atoms with E-state index in [2.05, 4.69) is 21.2 Å². The summed E-state index contributed by atoms with van der Waals surface area (Å²) < 4.78 is 25.3. The molecule has 1 amide bonds. The van der Waals surface area contributed by atoms with Crippen LogP contribution in [-0.2, 0) is 14.8 Å². The Hall–Kier alpha value is -0.960. The van der Waals surface area contributed by atoms with Crippen LogP contribution in [0.2, 0.25) is 0 Å². The zero-order valence-corrected chi connectivity index (χ0v) is 14.7. The number of likely N-dealkylation sites (N-methyl/N-ethyl adjacent to an activating group) is 1. The Labute approximate surface area is 134 Å². The molecule has 8 heteroatoms. The van der Waals surface area contributed by atoms with Crippen molar-refractivity contribution in [3.8, 4) is 0 Å². The lowest BCUT2D eigenvalue weighted by Crippen LogP contribution is -2.41. The third-order valence-electron chi connectivity index (χ3n) is 2.73. The highest BCUT2D eigenvalue weighted by atomic mass is 79.9. The van der Waals surface area contributed by atoms with Gasteiger partial charge < -0.3 is 10.2 Å². The maximum atomic E-state index is 12.0. The van der Waals surface area contributed by atoms with Crippen molar-refractivity contribution < 1.29 is 13.2 Å². The van der Waals surface area contributed by atoms with Crippen molar-refractivity contribution in [2.75, 3.05) is 45.3 Å². The van der Waals surface area contributed by atoms with Gasteiger partial charge in [0.05, 0.1) is 18.5 Å². The zero-order chi connectivity index (χ0) is 16.0. The minimum Gasteiger partial charge on any atom is -0.324 e. The van der Waals surface area contributed by atoms with E-state index in [4.69, 9.17) is 0 Å². The Morgan fingerprint density at radius 1 is 1.24 bits per heavy atom. The maximum Gasteiger partial charge on any atom is 0.239 e. The fourth-order valence-corrected chi connectivity index (χ4v) is 2.74. The number of nitrogens with one attached hydrogen (secondary N) is 1. The molecule has 0 bridgehead atoms. The minimum absolute atomic E-state index is 0.200. The number of halogens is 1. The second-order valence-corrected chi connectivity index (χ2v) is 7.76. The number of anilines is 1. The molecule has 1 aromatic carbocycles. The maximum absolute atomic E-state index is 12.0. The zero-order valence-electron chi connectivity index (χ0n) is 12.3. The number of rotatable bonds is 7. The van der Waals surface area contributed by atoms with E-state index in [-0.39, 0.29) is 19.0 Å². The van der Waals surface area contributed by atoms with Crippen LogP contribution in [0, 0.1) is 0 Å². The topological polar surface area (TPSA) is 69.7 Å². The van der Waals surface area contributed by atoms with Gasteiger partial charge in [-0.2, -0.15) is 4.31 Å². The third kappa shape index (κ3) is 6.56. The van der Waals surface area contributed by atoms with Crippen molar-refractivity contribution in [1.82, 2.24) is 9.21 Å². The fraction of sp³-hybridized carbons (Fsp3) is 0.462. The van der Waals surface area contributed by atoms with Crippen LogP contribution >= 0.6 is 15.9 Å². The highest BCUT2D eigenvalue weighted by molar-refractivity contribution is 9.10. The first-order chi connectivity index (χ1) is 9.70. The average molecular weight is 378 g/mol. The van der Waals surface area contributed by atoms with E-state index in [1.165, 1.54) is 4.31 Å². The van der Waals surface area contributed by atoms with Crippen molar-refractivity contribution in [2.24, 2.45) is 0 Å². The molecule has 0 saturated heterocycles. The first-order valence-corrected chi connectivity index (χ1v) is 8.98. The predicted molar refractivity (Wildman–Crippen MR) is 87.7 cm³/mol. The molecular formula is C13H20BrN3O3S. The van der Waals surface area contributed by atoms with Gasteiger partial charge in [-0.15, -0.1) is 0 Å². The molecule has 0 aliphatic rings. The normalized spacial score (nSPS) is 11.9. The molecule has 0 heterocycles. The molecule has 0 aliphatic heterocycles. The second-order valence-electron chi connectivity index (χ2n) is 4.93. The van der Waals surface area contributed by atoms with Crippen molar-refractivity contribution in [3.05, 3.63) is 28.7 Å². The summed E-state index contributed by atoms with van der Waals surface area (Å²) in [6, 6.07) is 7.17. The molecule has 0 spiro atoms. The highest BCUT2D eigenvalue weighted by Gasteiger charge is 2.20. The number of sulfonamides is 1. The van der Waals surface area contributed by atoms with Gasteiger partial charge in [0.15, 0.2) is 0 Å².